The van der Waals surface area contributed by atoms with E-state index in [1.165, 1.54) is 51.4 Å². The van der Waals surface area contributed by atoms with Gasteiger partial charge in [-0.3, -0.25) is 14.4 Å². The Hall–Kier alpha value is -2.36. The van der Waals surface area contributed by atoms with Crippen LogP contribution < -0.4 is 0 Å². The molecule has 0 aromatic heterocycles. The van der Waals surface area contributed by atoms with Crippen LogP contribution in [0, 0.1) is 0 Å². The fourth-order valence-electron chi connectivity index (χ4n) is 7.14. The predicted octanol–water partition coefficient (Wildman–Crippen LogP) is 12.8. The second-order valence-corrected chi connectivity index (χ2v) is 16.2. The van der Waals surface area contributed by atoms with Gasteiger partial charge in [0.2, 0.25) is 0 Å². The number of unbranched alkanes of at least 4 members (excludes halogenated alkanes) is 23. The number of hydrogen-bond donors (Lipinski definition) is 2. The van der Waals surface area contributed by atoms with E-state index < -0.39 is 18.1 Å². The third-order valence-corrected chi connectivity index (χ3v) is 10.9. The molecule has 1 unspecified atom stereocenters. The van der Waals surface area contributed by atoms with Crippen LogP contribution in [0.3, 0.4) is 0 Å². The summed E-state index contributed by atoms with van der Waals surface area (Å²) in [5.74, 6) is -1.65. The Morgan fingerprint density at radius 3 is 1.23 bits per heavy atom. The lowest BCUT2D eigenvalue weighted by molar-refractivity contribution is -0.150. The molecule has 0 aromatic carbocycles. The van der Waals surface area contributed by atoms with Gasteiger partial charge in [-0.15, -0.1) is 0 Å². The van der Waals surface area contributed by atoms with E-state index in [2.05, 4.69) is 18.7 Å². The molecule has 0 rings (SSSR count). The molecule has 2 N–H and O–H groups in total. The topological polar surface area (TPSA) is 140 Å². The number of carboxylic acid groups (broad SMARTS) is 2. The molecule has 0 aliphatic rings. The summed E-state index contributed by atoms with van der Waals surface area (Å²) in [5, 5.41) is 17.6. The van der Waals surface area contributed by atoms with Crippen molar-refractivity contribution in [2.45, 2.75) is 244 Å². The molecular weight excluding hydrogens is 711 g/mol. The van der Waals surface area contributed by atoms with Gasteiger partial charge >= 0.3 is 24.1 Å². The van der Waals surface area contributed by atoms with Gasteiger partial charge < -0.3 is 29.3 Å². The molecule has 0 amide bonds. The molecule has 56 heavy (non-hydrogen) atoms. The van der Waals surface area contributed by atoms with Gasteiger partial charge in [0.25, 0.3) is 0 Å². The molecule has 0 aliphatic heterocycles. The van der Waals surface area contributed by atoms with E-state index in [4.69, 9.17) is 24.4 Å². The number of carbonyl (C=O) groups excluding carboxylic acids is 2. The highest BCUT2D eigenvalue weighted by atomic mass is 16.7. The number of aliphatic carboxylic acids is 2. The van der Waals surface area contributed by atoms with Crippen molar-refractivity contribution in [1.29, 1.82) is 0 Å². The van der Waals surface area contributed by atoms with Crippen molar-refractivity contribution in [3.63, 3.8) is 0 Å². The minimum atomic E-state index is -0.718. The van der Waals surface area contributed by atoms with Gasteiger partial charge in [-0.2, -0.15) is 0 Å². The zero-order valence-corrected chi connectivity index (χ0v) is 36.5. The third kappa shape index (κ3) is 39.9. The van der Waals surface area contributed by atoms with Crippen LogP contribution in [0.4, 0.5) is 4.79 Å². The van der Waals surface area contributed by atoms with Gasteiger partial charge in [-0.05, 0) is 77.8 Å². The van der Waals surface area contributed by atoms with Gasteiger partial charge in [0.1, 0.15) is 12.2 Å². The molecule has 0 spiro atoms. The molecule has 10 nitrogen and oxygen atoms in total. The van der Waals surface area contributed by atoms with Crippen LogP contribution in [-0.2, 0) is 28.6 Å². The molecule has 0 bridgehead atoms. The van der Waals surface area contributed by atoms with Crippen molar-refractivity contribution in [3.8, 4) is 0 Å². The quantitative estimate of drug-likeness (QED) is 0.0452. The number of hydrogen-bond acceptors (Lipinski definition) is 8. The van der Waals surface area contributed by atoms with Crippen molar-refractivity contribution < 1.29 is 43.6 Å². The molecule has 0 heterocycles. The van der Waals surface area contributed by atoms with E-state index in [0.717, 1.165) is 154 Å². The average molecular weight is 798 g/mol. The first-order chi connectivity index (χ1) is 27.2. The van der Waals surface area contributed by atoms with E-state index in [0.29, 0.717) is 13.0 Å². The first-order valence-corrected chi connectivity index (χ1v) is 23.3. The average Bonchev–Trinajstić information content (AvgIpc) is 3.16. The fraction of sp³-hybridized carbons (Fsp3) is 0.913. The molecule has 0 aromatic rings. The molecular formula is C46H87NO9. The number of ether oxygens (including phenoxy) is 3. The van der Waals surface area contributed by atoms with Crippen LogP contribution in [0.5, 0.6) is 0 Å². The summed E-state index contributed by atoms with van der Waals surface area (Å²) in [7, 11) is 2.04. The highest BCUT2D eigenvalue weighted by molar-refractivity contribution is 5.69. The summed E-state index contributed by atoms with van der Waals surface area (Å²) in [4.78, 5) is 49.4. The van der Waals surface area contributed by atoms with E-state index >= 15 is 0 Å². The Bertz CT molecular complexity index is 896. The van der Waals surface area contributed by atoms with Gasteiger partial charge in [0.05, 0.1) is 6.61 Å². The summed E-state index contributed by atoms with van der Waals surface area (Å²) in [6.45, 7) is 6.46. The van der Waals surface area contributed by atoms with Crippen LogP contribution in [0.1, 0.15) is 232 Å². The van der Waals surface area contributed by atoms with E-state index in [1.54, 1.807) is 0 Å². The Morgan fingerprint density at radius 1 is 0.464 bits per heavy atom. The molecule has 0 saturated heterocycles. The van der Waals surface area contributed by atoms with Crippen LogP contribution in [0.25, 0.3) is 0 Å². The van der Waals surface area contributed by atoms with Crippen LogP contribution in [-0.4, -0.2) is 78.1 Å². The maximum absolute atomic E-state index is 13.2. The molecule has 0 fully saturated rings. The molecule has 330 valence electrons. The molecule has 1 atom stereocenters. The molecule has 0 saturated carbocycles. The summed E-state index contributed by atoms with van der Waals surface area (Å²) >= 11 is 0. The largest absolute Gasteiger partial charge is 0.508 e. The standard InChI is InChI=1S/C46H87NO9/c1-4-6-7-8-9-10-11-16-23-28-34-42(56-46(53)54-40-31-39-47(3)5-2)37-38-45(52)55-41(32-26-21-17-12-14-19-24-29-35-43(48)49)33-27-22-18-13-15-20-25-30-36-44(50)51/h41-42H,4-40H2,1-3H3,(H,48,49)(H,50,51). The lowest BCUT2D eigenvalue weighted by atomic mass is 10.0. The van der Waals surface area contributed by atoms with Gasteiger partial charge in [-0.1, -0.05) is 149 Å². The fourth-order valence-corrected chi connectivity index (χ4v) is 7.14. The highest BCUT2D eigenvalue weighted by Crippen LogP contribution is 2.21. The first kappa shape index (κ1) is 53.6. The Labute approximate surface area is 342 Å². The van der Waals surface area contributed by atoms with Crippen molar-refractivity contribution in [3.05, 3.63) is 0 Å². The van der Waals surface area contributed by atoms with Gasteiger partial charge in [-0.25, -0.2) is 4.79 Å². The number of nitrogens with zero attached hydrogens (tertiary/aromatic N) is 1. The zero-order valence-electron chi connectivity index (χ0n) is 36.5. The van der Waals surface area contributed by atoms with Gasteiger partial charge in [0, 0.05) is 25.8 Å². The monoisotopic (exact) mass is 798 g/mol. The maximum atomic E-state index is 13.2. The summed E-state index contributed by atoms with van der Waals surface area (Å²) in [6.07, 6.45) is 32.2. The van der Waals surface area contributed by atoms with Gasteiger partial charge in [0.15, 0.2) is 0 Å². The van der Waals surface area contributed by atoms with Crippen LogP contribution in [0.15, 0.2) is 0 Å². The maximum Gasteiger partial charge on any atom is 0.508 e. The van der Waals surface area contributed by atoms with Crippen molar-refractivity contribution in [2.75, 3.05) is 26.7 Å². The molecule has 10 heteroatoms. The van der Waals surface area contributed by atoms with E-state index in [9.17, 15) is 19.2 Å². The number of carboxylic acids is 2. The van der Waals surface area contributed by atoms with Crippen molar-refractivity contribution >= 4 is 24.1 Å². The second kappa shape index (κ2) is 40.8. The minimum absolute atomic E-state index is 0.109. The smallest absolute Gasteiger partial charge is 0.481 e. The SMILES string of the molecule is CCCCCCCCCCCCC(CCC(=O)OC(CCCCCCCCCCC(=O)O)CCCCCCCCCCC(=O)O)OC(=O)OCCCN(C)CC. The summed E-state index contributed by atoms with van der Waals surface area (Å²) in [5.41, 5.74) is 0. The second-order valence-electron chi connectivity index (χ2n) is 16.2. The highest BCUT2D eigenvalue weighted by Gasteiger charge is 2.20. The lowest BCUT2D eigenvalue weighted by Crippen LogP contribution is -2.24. The number of carbonyl (C=O) groups is 4. The third-order valence-electron chi connectivity index (χ3n) is 10.9. The lowest BCUT2D eigenvalue weighted by Gasteiger charge is -2.20. The van der Waals surface area contributed by atoms with E-state index in [-0.39, 0.29) is 37.4 Å². The Morgan fingerprint density at radius 2 is 0.839 bits per heavy atom. The predicted molar refractivity (Wildman–Crippen MR) is 227 cm³/mol. The van der Waals surface area contributed by atoms with Crippen molar-refractivity contribution in [1.82, 2.24) is 4.90 Å². The zero-order chi connectivity index (χ0) is 41.3. The first-order valence-electron chi connectivity index (χ1n) is 23.3. The summed E-state index contributed by atoms with van der Waals surface area (Å²) < 4.78 is 17.3. The number of rotatable bonds is 43. The normalized spacial score (nSPS) is 11.9. The molecule has 0 aliphatic carbocycles. The minimum Gasteiger partial charge on any atom is -0.481 e. The summed E-state index contributed by atoms with van der Waals surface area (Å²) in [6, 6.07) is 0. The van der Waals surface area contributed by atoms with Crippen LogP contribution >= 0.6 is 0 Å². The Kier molecular flexibility index (Phi) is 39.1. The Balaban J connectivity index is 4.89. The molecule has 0 radical (unpaired) electrons. The van der Waals surface area contributed by atoms with Crippen LogP contribution in [0.2, 0.25) is 0 Å². The van der Waals surface area contributed by atoms with E-state index in [1.807, 2.05) is 7.05 Å². The number of esters is 1. The van der Waals surface area contributed by atoms with Crippen molar-refractivity contribution in [2.24, 2.45) is 0 Å².